The van der Waals surface area contributed by atoms with Crippen LogP contribution in [-0.4, -0.2) is 12.0 Å². The Kier molecular flexibility index (Phi) is 4.68. The maximum Gasteiger partial charge on any atom is 0.278 e. The van der Waals surface area contributed by atoms with Crippen LogP contribution in [0, 0.1) is 27.3 Å². The van der Waals surface area contributed by atoms with Gasteiger partial charge in [0.1, 0.15) is 29.5 Å². The first kappa shape index (κ1) is 17.8. The van der Waals surface area contributed by atoms with Crippen LogP contribution >= 0.6 is 0 Å². The molecule has 0 radical (unpaired) electrons. The van der Waals surface area contributed by atoms with Crippen LogP contribution in [0.4, 0.5) is 10.1 Å². The number of benzene rings is 2. The van der Waals surface area contributed by atoms with Crippen molar-refractivity contribution in [3.63, 3.8) is 0 Å². The van der Waals surface area contributed by atoms with E-state index in [2.05, 4.69) is 0 Å². The Morgan fingerprint density at radius 1 is 1.33 bits per heavy atom. The molecule has 2 aromatic carbocycles. The standard InChI is InChI=1S/C19H11FN2O5/c1-26-14-3-5-18-16(8-14)19(23)12(10-27-18)6-11(9-21)15-7-13(20)2-4-17(15)22(24)25/h2-8,10H,1H3/b11-6+. The number of nitrogens with zero attached hydrogens (tertiary/aromatic N) is 2. The molecule has 8 heteroatoms. The molecule has 0 bridgehead atoms. The SMILES string of the molecule is COc1ccc2occ(/C=C(\C#N)c3cc(F)ccc3[N+](=O)[O-])c(=O)c2c1. The summed E-state index contributed by atoms with van der Waals surface area (Å²) >= 11 is 0. The quantitative estimate of drug-likeness (QED) is 0.394. The van der Waals surface area contributed by atoms with Crippen molar-refractivity contribution >= 4 is 28.3 Å². The third-order valence-electron chi connectivity index (χ3n) is 3.87. The van der Waals surface area contributed by atoms with E-state index < -0.39 is 21.9 Å². The van der Waals surface area contributed by atoms with Crippen molar-refractivity contribution in [1.29, 1.82) is 5.26 Å². The molecule has 0 fully saturated rings. The normalized spacial score (nSPS) is 11.2. The van der Waals surface area contributed by atoms with Gasteiger partial charge in [0.25, 0.3) is 5.69 Å². The summed E-state index contributed by atoms with van der Waals surface area (Å²) in [5.74, 6) is -0.302. The molecule has 0 spiro atoms. The molecule has 134 valence electrons. The summed E-state index contributed by atoms with van der Waals surface area (Å²) in [6.07, 6.45) is 2.27. The molecule has 0 saturated carbocycles. The highest BCUT2D eigenvalue weighted by atomic mass is 19.1. The first-order chi connectivity index (χ1) is 12.9. The Balaban J connectivity index is 2.22. The van der Waals surface area contributed by atoms with Crippen LogP contribution in [0.5, 0.6) is 5.75 Å². The topological polar surface area (TPSA) is 106 Å². The van der Waals surface area contributed by atoms with Crippen LogP contribution in [0.1, 0.15) is 11.1 Å². The number of nitriles is 1. The molecule has 3 rings (SSSR count). The third kappa shape index (κ3) is 3.39. The molecule has 0 aliphatic carbocycles. The maximum absolute atomic E-state index is 13.6. The monoisotopic (exact) mass is 366 g/mol. The molecule has 7 nitrogen and oxygen atoms in total. The molecule has 0 aliphatic rings. The van der Waals surface area contributed by atoms with Gasteiger partial charge in [-0.1, -0.05) is 0 Å². The second kappa shape index (κ2) is 7.09. The number of hydrogen-bond donors (Lipinski definition) is 0. The molecule has 0 amide bonds. The maximum atomic E-state index is 13.6. The smallest absolute Gasteiger partial charge is 0.278 e. The zero-order valence-electron chi connectivity index (χ0n) is 13.9. The number of nitro benzene ring substituents is 1. The van der Waals surface area contributed by atoms with Gasteiger partial charge in [-0.15, -0.1) is 0 Å². The number of hydrogen-bond acceptors (Lipinski definition) is 6. The first-order valence-corrected chi connectivity index (χ1v) is 7.60. The van der Waals surface area contributed by atoms with Crippen molar-refractivity contribution in [2.24, 2.45) is 0 Å². The van der Waals surface area contributed by atoms with Gasteiger partial charge in [0.05, 0.1) is 34.1 Å². The first-order valence-electron chi connectivity index (χ1n) is 7.60. The number of ether oxygens (including phenoxy) is 1. The third-order valence-corrected chi connectivity index (χ3v) is 3.87. The molecular formula is C19H11FN2O5. The summed E-state index contributed by atoms with van der Waals surface area (Å²) < 4.78 is 24.0. The summed E-state index contributed by atoms with van der Waals surface area (Å²) in [5.41, 5.74) is -1.07. The minimum Gasteiger partial charge on any atom is -0.497 e. The van der Waals surface area contributed by atoms with Gasteiger partial charge in [-0.05, 0) is 36.4 Å². The molecule has 3 aromatic rings. The van der Waals surface area contributed by atoms with Gasteiger partial charge in [0.2, 0.25) is 0 Å². The van der Waals surface area contributed by atoms with E-state index >= 15 is 0 Å². The number of allylic oxidation sites excluding steroid dienone is 1. The molecule has 0 atom stereocenters. The highest BCUT2D eigenvalue weighted by molar-refractivity contribution is 5.93. The second-order valence-corrected chi connectivity index (χ2v) is 5.47. The average Bonchev–Trinajstić information content (AvgIpc) is 2.67. The van der Waals surface area contributed by atoms with E-state index in [4.69, 9.17) is 9.15 Å². The van der Waals surface area contributed by atoms with E-state index in [0.29, 0.717) is 11.3 Å². The highest BCUT2D eigenvalue weighted by Gasteiger charge is 2.19. The fourth-order valence-corrected chi connectivity index (χ4v) is 2.56. The van der Waals surface area contributed by atoms with Crippen molar-refractivity contribution in [3.05, 3.63) is 79.9 Å². The highest BCUT2D eigenvalue weighted by Crippen LogP contribution is 2.28. The Labute approximate surface area is 151 Å². The van der Waals surface area contributed by atoms with Gasteiger partial charge in [0, 0.05) is 6.07 Å². The van der Waals surface area contributed by atoms with Crippen LogP contribution in [0.3, 0.4) is 0 Å². The summed E-state index contributed by atoms with van der Waals surface area (Å²) in [6, 6.07) is 9.20. The zero-order chi connectivity index (χ0) is 19.6. The lowest BCUT2D eigenvalue weighted by Gasteiger charge is -2.04. The van der Waals surface area contributed by atoms with Crippen molar-refractivity contribution in [1.82, 2.24) is 0 Å². The van der Waals surface area contributed by atoms with Crippen LogP contribution in [-0.2, 0) is 0 Å². The Morgan fingerprint density at radius 2 is 2.11 bits per heavy atom. The minimum absolute atomic E-state index is 0.00846. The van der Waals surface area contributed by atoms with Gasteiger partial charge >= 0.3 is 0 Å². The molecular weight excluding hydrogens is 355 g/mol. The van der Waals surface area contributed by atoms with Crippen LogP contribution in [0.15, 0.2) is 51.9 Å². The summed E-state index contributed by atoms with van der Waals surface area (Å²) in [4.78, 5) is 23.1. The zero-order valence-corrected chi connectivity index (χ0v) is 13.9. The van der Waals surface area contributed by atoms with Gasteiger partial charge in [-0.2, -0.15) is 5.26 Å². The molecule has 1 heterocycles. The van der Waals surface area contributed by atoms with Crippen LogP contribution in [0.25, 0.3) is 22.6 Å². The molecule has 0 saturated heterocycles. The van der Waals surface area contributed by atoms with Gasteiger partial charge < -0.3 is 9.15 Å². The van der Waals surface area contributed by atoms with E-state index in [9.17, 15) is 24.6 Å². The van der Waals surface area contributed by atoms with E-state index in [1.807, 2.05) is 0 Å². The molecule has 0 unspecified atom stereocenters. The minimum atomic E-state index is -0.743. The summed E-state index contributed by atoms with van der Waals surface area (Å²) in [5, 5.41) is 20.8. The fourth-order valence-electron chi connectivity index (χ4n) is 2.56. The second-order valence-electron chi connectivity index (χ2n) is 5.47. The molecule has 0 N–H and O–H groups in total. The molecule has 1 aromatic heterocycles. The predicted molar refractivity (Wildman–Crippen MR) is 95.6 cm³/mol. The number of rotatable bonds is 4. The summed E-state index contributed by atoms with van der Waals surface area (Å²) in [6.45, 7) is 0. The number of nitro groups is 1. The fraction of sp³-hybridized carbons (Fsp3) is 0.0526. The number of halogens is 1. The van der Waals surface area contributed by atoms with E-state index in [1.54, 1.807) is 18.2 Å². The lowest BCUT2D eigenvalue weighted by molar-refractivity contribution is -0.385. The molecule has 27 heavy (non-hydrogen) atoms. The lowest BCUT2D eigenvalue weighted by Crippen LogP contribution is -2.05. The Hall–Kier alpha value is -3.99. The van der Waals surface area contributed by atoms with Crippen LogP contribution < -0.4 is 10.2 Å². The van der Waals surface area contributed by atoms with Crippen molar-refractivity contribution in [2.75, 3.05) is 7.11 Å². The lowest BCUT2D eigenvalue weighted by atomic mass is 10.0. The Morgan fingerprint density at radius 3 is 2.78 bits per heavy atom. The van der Waals surface area contributed by atoms with Crippen LogP contribution in [0.2, 0.25) is 0 Å². The Bertz CT molecular complexity index is 1190. The average molecular weight is 366 g/mol. The van der Waals surface area contributed by atoms with E-state index in [-0.39, 0.29) is 22.1 Å². The van der Waals surface area contributed by atoms with Crippen molar-refractivity contribution in [3.8, 4) is 11.8 Å². The predicted octanol–water partition coefficient (Wildman–Crippen LogP) is 3.91. The van der Waals surface area contributed by atoms with Crippen molar-refractivity contribution < 1.29 is 18.5 Å². The number of methoxy groups -OCH3 is 1. The summed E-state index contributed by atoms with van der Waals surface area (Å²) in [7, 11) is 1.45. The van der Waals surface area contributed by atoms with E-state index in [0.717, 1.165) is 30.5 Å². The number of fused-ring (bicyclic) bond motifs is 1. The van der Waals surface area contributed by atoms with Gasteiger partial charge in [-0.3, -0.25) is 14.9 Å². The van der Waals surface area contributed by atoms with Gasteiger partial charge in [-0.25, -0.2) is 4.39 Å². The van der Waals surface area contributed by atoms with Gasteiger partial charge in [0.15, 0.2) is 5.43 Å². The largest absolute Gasteiger partial charge is 0.497 e. The van der Waals surface area contributed by atoms with Crippen molar-refractivity contribution in [2.45, 2.75) is 0 Å². The van der Waals surface area contributed by atoms with E-state index in [1.165, 1.54) is 13.2 Å². The molecule has 0 aliphatic heterocycles.